The zero-order chi connectivity index (χ0) is 13.8. The van der Waals surface area contributed by atoms with E-state index in [4.69, 9.17) is 0 Å². The number of carbonyl (C=O) groups is 1. The minimum Gasteiger partial charge on any atom is -0.348 e. The summed E-state index contributed by atoms with van der Waals surface area (Å²) in [5.41, 5.74) is 2.79. The van der Waals surface area contributed by atoms with Crippen molar-refractivity contribution in [2.24, 2.45) is 0 Å². The zero-order valence-corrected chi connectivity index (χ0v) is 13.6. The van der Waals surface area contributed by atoms with Crippen LogP contribution < -0.4 is 5.32 Å². The van der Waals surface area contributed by atoms with Crippen molar-refractivity contribution in [3.8, 4) is 0 Å². The molecule has 0 fully saturated rings. The standard InChI is InChI=1S/C15H13Br2NO/c1-10-5-12(8-14(17)6-10)15(19)18-9-11-3-2-4-13(16)7-11/h2-8H,9H2,1H3,(H,18,19). The Kier molecular flexibility index (Phi) is 4.77. The molecule has 0 heterocycles. The maximum atomic E-state index is 12.1. The topological polar surface area (TPSA) is 29.1 Å². The fourth-order valence-corrected chi connectivity index (χ4v) is 2.85. The quantitative estimate of drug-likeness (QED) is 0.834. The highest BCUT2D eigenvalue weighted by Gasteiger charge is 2.06. The molecule has 2 aromatic carbocycles. The van der Waals surface area contributed by atoms with Gasteiger partial charge in [-0.3, -0.25) is 4.79 Å². The molecule has 19 heavy (non-hydrogen) atoms. The van der Waals surface area contributed by atoms with Crippen LogP contribution >= 0.6 is 31.9 Å². The molecule has 0 radical (unpaired) electrons. The van der Waals surface area contributed by atoms with Crippen molar-refractivity contribution in [1.82, 2.24) is 5.32 Å². The average Bonchev–Trinajstić information content (AvgIpc) is 2.35. The maximum Gasteiger partial charge on any atom is 0.251 e. The SMILES string of the molecule is Cc1cc(Br)cc(C(=O)NCc2cccc(Br)c2)c1. The van der Waals surface area contributed by atoms with Gasteiger partial charge in [0.1, 0.15) is 0 Å². The average molecular weight is 383 g/mol. The molecule has 0 spiro atoms. The lowest BCUT2D eigenvalue weighted by atomic mass is 10.1. The molecule has 0 aliphatic carbocycles. The van der Waals surface area contributed by atoms with E-state index in [9.17, 15) is 4.79 Å². The Labute approximate surface area is 129 Å². The molecule has 0 saturated heterocycles. The highest BCUT2D eigenvalue weighted by molar-refractivity contribution is 9.10. The molecule has 0 aliphatic rings. The van der Waals surface area contributed by atoms with Crippen LogP contribution in [0.2, 0.25) is 0 Å². The summed E-state index contributed by atoms with van der Waals surface area (Å²) < 4.78 is 1.93. The smallest absolute Gasteiger partial charge is 0.251 e. The molecule has 2 rings (SSSR count). The Bertz CT molecular complexity index is 591. The van der Waals surface area contributed by atoms with Gasteiger partial charge < -0.3 is 5.32 Å². The Morgan fingerprint density at radius 1 is 1.11 bits per heavy atom. The van der Waals surface area contributed by atoms with Crippen molar-refractivity contribution in [1.29, 1.82) is 0 Å². The summed E-state index contributed by atoms with van der Waals surface area (Å²) in [6.07, 6.45) is 0. The van der Waals surface area contributed by atoms with Gasteiger partial charge in [0.2, 0.25) is 0 Å². The molecule has 0 aromatic heterocycles. The first-order valence-electron chi connectivity index (χ1n) is 5.84. The van der Waals surface area contributed by atoms with Crippen LogP contribution in [0.25, 0.3) is 0 Å². The minimum atomic E-state index is -0.0654. The molecular formula is C15H13Br2NO. The van der Waals surface area contributed by atoms with Gasteiger partial charge in [-0.1, -0.05) is 44.0 Å². The first-order valence-corrected chi connectivity index (χ1v) is 7.43. The van der Waals surface area contributed by atoms with E-state index < -0.39 is 0 Å². The largest absolute Gasteiger partial charge is 0.348 e. The van der Waals surface area contributed by atoms with Crippen molar-refractivity contribution in [3.05, 3.63) is 68.1 Å². The number of hydrogen-bond acceptors (Lipinski definition) is 1. The number of nitrogens with one attached hydrogen (secondary N) is 1. The number of halogens is 2. The Balaban J connectivity index is 2.05. The lowest BCUT2D eigenvalue weighted by molar-refractivity contribution is 0.0950. The molecule has 0 atom stereocenters. The summed E-state index contributed by atoms with van der Waals surface area (Å²) in [6.45, 7) is 2.49. The highest BCUT2D eigenvalue weighted by Crippen LogP contribution is 2.16. The second-order valence-electron chi connectivity index (χ2n) is 4.33. The normalized spacial score (nSPS) is 10.3. The highest BCUT2D eigenvalue weighted by atomic mass is 79.9. The molecule has 0 aliphatic heterocycles. The minimum absolute atomic E-state index is 0.0654. The van der Waals surface area contributed by atoms with Crippen LogP contribution in [-0.4, -0.2) is 5.91 Å². The molecule has 2 nitrogen and oxygen atoms in total. The third kappa shape index (κ3) is 4.18. The number of amides is 1. The van der Waals surface area contributed by atoms with Gasteiger partial charge in [0.25, 0.3) is 5.91 Å². The lowest BCUT2D eigenvalue weighted by Gasteiger charge is -2.07. The van der Waals surface area contributed by atoms with E-state index in [1.807, 2.05) is 49.4 Å². The van der Waals surface area contributed by atoms with Gasteiger partial charge in [-0.05, 0) is 48.4 Å². The van der Waals surface area contributed by atoms with Crippen LogP contribution in [0.15, 0.2) is 51.4 Å². The van der Waals surface area contributed by atoms with E-state index in [2.05, 4.69) is 37.2 Å². The number of hydrogen-bond donors (Lipinski definition) is 1. The van der Waals surface area contributed by atoms with E-state index in [0.29, 0.717) is 12.1 Å². The summed E-state index contributed by atoms with van der Waals surface area (Å²) >= 11 is 6.81. The van der Waals surface area contributed by atoms with E-state index >= 15 is 0 Å². The molecule has 98 valence electrons. The summed E-state index contributed by atoms with van der Waals surface area (Å²) in [5.74, 6) is -0.0654. The van der Waals surface area contributed by atoms with E-state index in [-0.39, 0.29) is 5.91 Å². The predicted molar refractivity (Wildman–Crippen MR) is 84.2 cm³/mol. The molecule has 0 unspecified atom stereocenters. The van der Waals surface area contributed by atoms with Crippen molar-refractivity contribution >= 4 is 37.8 Å². The number of benzene rings is 2. The molecule has 1 amide bonds. The number of carbonyl (C=O) groups excluding carboxylic acids is 1. The fraction of sp³-hybridized carbons (Fsp3) is 0.133. The molecule has 4 heteroatoms. The summed E-state index contributed by atoms with van der Waals surface area (Å²) in [6, 6.07) is 13.6. The number of aryl methyl sites for hydroxylation is 1. The van der Waals surface area contributed by atoms with Gasteiger partial charge in [0, 0.05) is 21.1 Å². The van der Waals surface area contributed by atoms with Crippen LogP contribution in [0.1, 0.15) is 21.5 Å². The molecule has 2 aromatic rings. The summed E-state index contributed by atoms with van der Waals surface area (Å²) in [5, 5.41) is 2.92. The first-order chi connectivity index (χ1) is 9.04. The van der Waals surface area contributed by atoms with Crippen LogP contribution in [0, 0.1) is 6.92 Å². The Hall–Kier alpha value is -1.13. The van der Waals surface area contributed by atoms with Crippen LogP contribution in [0.4, 0.5) is 0 Å². The second kappa shape index (κ2) is 6.35. The van der Waals surface area contributed by atoms with Crippen molar-refractivity contribution in [3.63, 3.8) is 0 Å². The molecule has 0 saturated carbocycles. The van der Waals surface area contributed by atoms with Gasteiger partial charge in [-0.25, -0.2) is 0 Å². The van der Waals surface area contributed by atoms with Crippen molar-refractivity contribution < 1.29 is 4.79 Å². The van der Waals surface area contributed by atoms with Gasteiger partial charge in [0.15, 0.2) is 0 Å². The first kappa shape index (κ1) is 14.3. The van der Waals surface area contributed by atoms with Crippen LogP contribution in [-0.2, 0) is 6.54 Å². The fourth-order valence-electron chi connectivity index (χ4n) is 1.80. The number of rotatable bonds is 3. The predicted octanol–water partition coefficient (Wildman–Crippen LogP) is 4.45. The summed E-state index contributed by atoms with van der Waals surface area (Å²) in [7, 11) is 0. The van der Waals surface area contributed by atoms with Gasteiger partial charge in [-0.2, -0.15) is 0 Å². The Morgan fingerprint density at radius 3 is 2.58 bits per heavy atom. The van der Waals surface area contributed by atoms with Gasteiger partial charge in [0.05, 0.1) is 0 Å². The molecular weight excluding hydrogens is 370 g/mol. The lowest BCUT2D eigenvalue weighted by Crippen LogP contribution is -2.22. The van der Waals surface area contributed by atoms with Crippen LogP contribution in [0.5, 0.6) is 0 Å². The van der Waals surface area contributed by atoms with Gasteiger partial charge in [-0.15, -0.1) is 0 Å². The molecule has 1 N–H and O–H groups in total. The van der Waals surface area contributed by atoms with E-state index in [1.54, 1.807) is 0 Å². The van der Waals surface area contributed by atoms with Crippen molar-refractivity contribution in [2.75, 3.05) is 0 Å². The second-order valence-corrected chi connectivity index (χ2v) is 6.16. The maximum absolute atomic E-state index is 12.1. The van der Waals surface area contributed by atoms with E-state index in [0.717, 1.165) is 20.1 Å². The summed E-state index contributed by atoms with van der Waals surface area (Å²) in [4.78, 5) is 12.1. The monoisotopic (exact) mass is 381 g/mol. The third-order valence-corrected chi connectivity index (χ3v) is 3.60. The van der Waals surface area contributed by atoms with Gasteiger partial charge >= 0.3 is 0 Å². The van der Waals surface area contributed by atoms with Crippen molar-refractivity contribution in [2.45, 2.75) is 13.5 Å². The van der Waals surface area contributed by atoms with E-state index in [1.165, 1.54) is 0 Å². The zero-order valence-electron chi connectivity index (χ0n) is 10.4. The third-order valence-electron chi connectivity index (χ3n) is 2.65. The molecule has 0 bridgehead atoms. The van der Waals surface area contributed by atoms with Crippen LogP contribution in [0.3, 0.4) is 0 Å². The Morgan fingerprint density at radius 2 is 1.89 bits per heavy atom.